The Morgan fingerprint density at radius 3 is 2.89 bits per heavy atom. The molecule has 1 aliphatic carbocycles. The Morgan fingerprint density at radius 1 is 1.44 bits per heavy atom. The van der Waals surface area contributed by atoms with Gasteiger partial charge in [0.15, 0.2) is 0 Å². The van der Waals surface area contributed by atoms with Crippen LogP contribution in [0, 0.1) is 11.3 Å². The lowest BCUT2D eigenvalue weighted by atomic mass is 10.00. The fourth-order valence-electron chi connectivity index (χ4n) is 2.94. The molecule has 1 aliphatic rings. The third-order valence-corrected chi connectivity index (χ3v) is 3.92. The Bertz CT molecular complexity index is 617. The zero-order chi connectivity index (χ0) is 12.6. The minimum atomic E-state index is -0.472. The Kier molecular flexibility index (Phi) is 2.57. The molecular weight excluding hydrogens is 226 g/mol. The van der Waals surface area contributed by atoms with Crippen LogP contribution in [0.2, 0.25) is 0 Å². The second kappa shape index (κ2) is 4.11. The largest absolute Gasteiger partial charge is 0.392 e. The highest BCUT2D eigenvalue weighted by Crippen LogP contribution is 2.39. The molecule has 0 radical (unpaired) electrons. The highest BCUT2D eigenvalue weighted by Gasteiger charge is 2.37. The number of aliphatic hydroxyl groups excluding tert-OH is 1. The molecule has 1 saturated carbocycles. The van der Waals surface area contributed by atoms with Crippen molar-refractivity contribution in [2.24, 2.45) is 0 Å². The highest BCUT2D eigenvalue weighted by atomic mass is 16.3. The second-order valence-electron chi connectivity index (χ2n) is 4.91. The molecule has 0 aromatic carbocycles. The summed E-state index contributed by atoms with van der Waals surface area (Å²) in [6, 6.07) is 6.27. The standard InChI is InChI=1S/C14H15N3O/c15-10-14(5-1-2-6-14)17-8-11(9-18)12-4-3-7-16-13(12)17/h3-4,7-8,18H,1-2,5-6,9H2. The van der Waals surface area contributed by atoms with Gasteiger partial charge in [-0.15, -0.1) is 0 Å². The summed E-state index contributed by atoms with van der Waals surface area (Å²) >= 11 is 0. The molecule has 18 heavy (non-hydrogen) atoms. The van der Waals surface area contributed by atoms with Crippen LogP contribution in [-0.4, -0.2) is 14.7 Å². The average molecular weight is 241 g/mol. The van der Waals surface area contributed by atoms with E-state index in [9.17, 15) is 10.4 Å². The van der Waals surface area contributed by atoms with E-state index in [1.165, 1.54) is 0 Å². The molecule has 2 heterocycles. The van der Waals surface area contributed by atoms with Crippen LogP contribution in [0.15, 0.2) is 24.5 Å². The Labute approximate surface area is 105 Å². The van der Waals surface area contributed by atoms with E-state index in [-0.39, 0.29) is 6.61 Å². The number of aliphatic hydroxyl groups is 1. The third-order valence-electron chi connectivity index (χ3n) is 3.92. The SMILES string of the molecule is N#CC1(n2cc(CO)c3cccnc32)CCCC1. The molecule has 2 aromatic rings. The van der Waals surface area contributed by atoms with Crippen molar-refractivity contribution >= 4 is 11.0 Å². The number of hydrogen-bond acceptors (Lipinski definition) is 3. The average Bonchev–Trinajstić information content (AvgIpc) is 3.03. The van der Waals surface area contributed by atoms with Crippen molar-refractivity contribution < 1.29 is 5.11 Å². The van der Waals surface area contributed by atoms with E-state index in [2.05, 4.69) is 11.1 Å². The van der Waals surface area contributed by atoms with Gasteiger partial charge in [-0.25, -0.2) is 4.98 Å². The number of pyridine rings is 1. The Morgan fingerprint density at radius 2 is 2.22 bits per heavy atom. The van der Waals surface area contributed by atoms with Gasteiger partial charge in [0.2, 0.25) is 0 Å². The first-order valence-corrected chi connectivity index (χ1v) is 6.28. The second-order valence-corrected chi connectivity index (χ2v) is 4.91. The van der Waals surface area contributed by atoms with E-state index in [1.807, 2.05) is 22.9 Å². The summed E-state index contributed by atoms with van der Waals surface area (Å²) in [5.74, 6) is 0. The summed E-state index contributed by atoms with van der Waals surface area (Å²) in [4.78, 5) is 4.39. The van der Waals surface area contributed by atoms with Crippen LogP contribution in [0.4, 0.5) is 0 Å². The predicted octanol–water partition coefficient (Wildman–Crippen LogP) is 2.32. The number of fused-ring (bicyclic) bond motifs is 1. The van der Waals surface area contributed by atoms with Crippen LogP contribution in [-0.2, 0) is 12.1 Å². The van der Waals surface area contributed by atoms with Crippen molar-refractivity contribution in [2.45, 2.75) is 37.8 Å². The molecule has 0 aliphatic heterocycles. The van der Waals surface area contributed by atoms with Crippen molar-refractivity contribution in [3.05, 3.63) is 30.1 Å². The van der Waals surface area contributed by atoms with Gasteiger partial charge in [0, 0.05) is 23.3 Å². The molecule has 4 heteroatoms. The highest BCUT2D eigenvalue weighted by molar-refractivity contribution is 5.80. The summed E-state index contributed by atoms with van der Waals surface area (Å²) in [6.07, 6.45) is 7.53. The molecule has 1 N–H and O–H groups in total. The number of nitrogens with zero attached hydrogens (tertiary/aromatic N) is 3. The van der Waals surface area contributed by atoms with E-state index in [0.717, 1.165) is 42.3 Å². The van der Waals surface area contributed by atoms with E-state index < -0.39 is 5.54 Å². The van der Waals surface area contributed by atoms with Gasteiger partial charge in [-0.1, -0.05) is 0 Å². The van der Waals surface area contributed by atoms with Gasteiger partial charge in [0.25, 0.3) is 0 Å². The molecule has 0 amide bonds. The molecular formula is C14H15N3O. The van der Waals surface area contributed by atoms with E-state index in [1.54, 1.807) is 6.20 Å². The van der Waals surface area contributed by atoms with Crippen LogP contribution >= 0.6 is 0 Å². The summed E-state index contributed by atoms with van der Waals surface area (Å²) < 4.78 is 1.97. The third kappa shape index (κ3) is 1.44. The fourth-order valence-corrected chi connectivity index (χ4v) is 2.94. The van der Waals surface area contributed by atoms with Crippen molar-refractivity contribution in [3.8, 4) is 6.07 Å². The van der Waals surface area contributed by atoms with Crippen LogP contribution in [0.1, 0.15) is 31.2 Å². The van der Waals surface area contributed by atoms with E-state index in [4.69, 9.17) is 0 Å². The molecule has 3 rings (SSSR count). The summed E-state index contributed by atoms with van der Waals surface area (Å²) in [5, 5.41) is 19.9. The molecule has 0 saturated heterocycles. The zero-order valence-corrected chi connectivity index (χ0v) is 10.1. The number of rotatable bonds is 2. The van der Waals surface area contributed by atoms with Gasteiger partial charge < -0.3 is 9.67 Å². The number of nitriles is 1. The van der Waals surface area contributed by atoms with Crippen molar-refractivity contribution in [1.82, 2.24) is 9.55 Å². The van der Waals surface area contributed by atoms with Crippen LogP contribution in [0.25, 0.3) is 11.0 Å². The zero-order valence-electron chi connectivity index (χ0n) is 10.1. The summed E-state index contributed by atoms with van der Waals surface area (Å²) in [5.41, 5.74) is 1.18. The lowest BCUT2D eigenvalue weighted by Gasteiger charge is -2.23. The molecule has 0 unspecified atom stereocenters. The molecule has 2 aromatic heterocycles. The first kappa shape index (κ1) is 11.2. The van der Waals surface area contributed by atoms with Crippen LogP contribution in [0.3, 0.4) is 0 Å². The van der Waals surface area contributed by atoms with Gasteiger partial charge in [-0.05, 0) is 37.8 Å². The summed E-state index contributed by atoms with van der Waals surface area (Å²) in [7, 11) is 0. The van der Waals surface area contributed by atoms with E-state index >= 15 is 0 Å². The lowest BCUT2D eigenvalue weighted by molar-refractivity contribution is 0.282. The van der Waals surface area contributed by atoms with Gasteiger partial charge in [-0.2, -0.15) is 5.26 Å². The van der Waals surface area contributed by atoms with Gasteiger partial charge >= 0.3 is 0 Å². The molecule has 4 nitrogen and oxygen atoms in total. The molecule has 0 bridgehead atoms. The topological polar surface area (TPSA) is 61.8 Å². The molecule has 0 atom stereocenters. The quantitative estimate of drug-likeness (QED) is 0.877. The Hall–Kier alpha value is -1.86. The minimum Gasteiger partial charge on any atom is -0.392 e. The van der Waals surface area contributed by atoms with Gasteiger partial charge in [0.1, 0.15) is 11.2 Å². The van der Waals surface area contributed by atoms with Crippen LogP contribution in [0.5, 0.6) is 0 Å². The number of aromatic nitrogens is 2. The molecule has 0 spiro atoms. The monoisotopic (exact) mass is 241 g/mol. The van der Waals surface area contributed by atoms with Gasteiger partial charge in [0.05, 0.1) is 12.7 Å². The van der Waals surface area contributed by atoms with Crippen molar-refractivity contribution in [3.63, 3.8) is 0 Å². The van der Waals surface area contributed by atoms with Crippen molar-refractivity contribution in [2.75, 3.05) is 0 Å². The predicted molar refractivity (Wildman–Crippen MR) is 67.7 cm³/mol. The lowest BCUT2D eigenvalue weighted by Crippen LogP contribution is -2.27. The maximum Gasteiger partial charge on any atom is 0.141 e. The Balaban J connectivity index is 2.26. The first-order chi connectivity index (χ1) is 8.80. The van der Waals surface area contributed by atoms with Crippen LogP contribution < -0.4 is 0 Å². The van der Waals surface area contributed by atoms with E-state index in [0.29, 0.717) is 0 Å². The fraction of sp³-hybridized carbons (Fsp3) is 0.429. The molecule has 92 valence electrons. The smallest absolute Gasteiger partial charge is 0.141 e. The summed E-state index contributed by atoms with van der Waals surface area (Å²) in [6.45, 7) is -0.0172. The van der Waals surface area contributed by atoms with Gasteiger partial charge in [-0.3, -0.25) is 0 Å². The van der Waals surface area contributed by atoms with Crippen molar-refractivity contribution in [1.29, 1.82) is 5.26 Å². The maximum absolute atomic E-state index is 9.55. The molecule has 1 fully saturated rings. The normalized spacial score (nSPS) is 18.0. The maximum atomic E-state index is 9.55. The first-order valence-electron chi connectivity index (χ1n) is 6.28. The minimum absolute atomic E-state index is 0.0172. The number of hydrogen-bond donors (Lipinski definition) is 1.